The van der Waals surface area contributed by atoms with Crippen molar-refractivity contribution < 1.29 is 43.9 Å². The SMILES string of the molecule is C=CCO[C@@]12Oc3ccc(Oc4ccc5ccccc5c4)cc3[C@H]3[C@H](CCCCO)[C@@H](CCCCO)C=C(C(=NOC)C[C@@H]1N(CCOCCO)C(=O)CCC1CCCC1)[C@H]32. The Kier molecular flexibility index (Phi) is 15.9. The maximum absolute atomic E-state index is 14.8. The first-order chi connectivity index (χ1) is 29.9. The molecule has 11 heteroatoms. The van der Waals surface area contributed by atoms with E-state index in [4.69, 9.17) is 28.9 Å². The van der Waals surface area contributed by atoms with Crippen molar-refractivity contribution in [3.8, 4) is 17.2 Å². The molecule has 4 aliphatic rings. The van der Waals surface area contributed by atoms with E-state index in [1.165, 1.54) is 12.8 Å². The molecular weight excluding hydrogens is 773 g/mol. The van der Waals surface area contributed by atoms with Crippen LogP contribution in [0.15, 0.2) is 90.1 Å². The van der Waals surface area contributed by atoms with E-state index in [1.54, 1.807) is 13.2 Å². The Balaban J connectivity index is 1.38. The van der Waals surface area contributed by atoms with Crippen LogP contribution < -0.4 is 9.47 Å². The van der Waals surface area contributed by atoms with Gasteiger partial charge in [-0.3, -0.25) is 4.79 Å². The first kappa shape index (κ1) is 44.8. The number of oxime groups is 1. The fraction of sp³-hybridized carbons (Fsp3) is 0.560. The summed E-state index contributed by atoms with van der Waals surface area (Å²) in [5.41, 5.74) is 2.73. The van der Waals surface area contributed by atoms with Crippen LogP contribution in [-0.4, -0.2) is 97.0 Å². The summed E-state index contributed by atoms with van der Waals surface area (Å²) < 4.78 is 27.0. The highest BCUT2D eigenvalue weighted by atomic mass is 16.7. The maximum atomic E-state index is 14.8. The molecule has 1 heterocycles. The molecule has 11 nitrogen and oxygen atoms in total. The van der Waals surface area contributed by atoms with Gasteiger partial charge in [0.25, 0.3) is 0 Å². The third-order valence-electron chi connectivity index (χ3n) is 13.5. The molecule has 3 N–H and O–H groups in total. The number of hydrogen-bond donors (Lipinski definition) is 3. The van der Waals surface area contributed by atoms with Crippen LogP contribution in [0.25, 0.3) is 10.8 Å². The molecule has 3 aromatic carbocycles. The highest BCUT2D eigenvalue weighted by molar-refractivity contribution is 6.03. The number of aliphatic hydroxyl groups is 3. The van der Waals surface area contributed by atoms with Crippen LogP contribution in [0.2, 0.25) is 0 Å². The van der Waals surface area contributed by atoms with Gasteiger partial charge in [0.2, 0.25) is 11.7 Å². The summed E-state index contributed by atoms with van der Waals surface area (Å²) in [7, 11) is 1.56. The van der Waals surface area contributed by atoms with E-state index >= 15 is 0 Å². The van der Waals surface area contributed by atoms with E-state index in [2.05, 4.69) is 43.0 Å². The zero-order chi connectivity index (χ0) is 42.6. The fourth-order valence-corrected chi connectivity index (χ4v) is 10.7. The second-order valence-electron chi connectivity index (χ2n) is 17.2. The lowest BCUT2D eigenvalue weighted by atomic mass is 9.55. The van der Waals surface area contributed by atoms with Gasteiger partial charge in [-0.25, -0.2) is 0 Å². The summed E-state index contributed by atoms with van der Waals surface area (Å²) >= 11 is 0. The number of carbonyl (C=O) groups excluding carboxylic acids is 1. The van der Waals surface area contributed by atoms with E-state index in [0.29, 0.717) is 43.1 Å². The minimum Gasteiger partial charge on any atom is -0.459 e. The van der Waals surface area contributed by atoms with Crippen molar-refractivity contribution in [2.45, 2.75) is 101 Å². The zero-order valence-corrected chi connectivity index (χ0v) is 35.9. The molecule has 61 heavy (non-hydrogen) atoms. The number of benzene rings is 3. The number of nitrogens with zero attached hydrogens (tertiary/aromatic N) is 2. The molecule has 7 rings (SSSR count). The van der Waals surface area contributed by atoms with Crippen LogP contribution >= 0.6 is 0 Å². The van der Waals surface area contributed by atoms with Gasteiger partial charge in [0.1, 0.15) is 30.4 Å². The predicted molar refractivity (Wildman–Crippen MR) is 237 cm³/mol. The van der Waals surface area contributed by atoms with Crippen LogP contribution in [0, 0.1) is 23.7 Å². The lowest BCUT2D eigenvalue weighted by molar-refractivity contribution is -0.258. The summed E-state index contributed by atoms with van der Waals surface area (Å²) in [5.74, 6) is 0.893. The maximum Gasteiger partial charge on any atom is 0.239 e. The third kappa shape index (κ3) is 10.2. The van der Waals surface area contributed by atoms with Gasteiger partial charge < -0.3 is 44.0 Å². The Morgan fingerprint density at radius 2 is 1.67 bits per heavy atom. The number of rotatable bonds is 23. The lowest BCUT2D eigenvalue weighted by Crippen LogP contribution is -2.70. The first-order valence-electron chi connectivity index (χ1n) is 22.7. The number of allylic oxidation sites excluding steroid dienone is 1. The Bertz CT molecular complexity index is 1980. The highest BCUT2D eigenvalue weighted by Gasteiger charge is 2.65. The van der Waals surface area contributed by atoms with Crippen molar-refractivity contribution >= 4 is 22.4 Å². The number of hydrogen-bond acceptors (Lipinski definition) is 10. The molecule has 0 saturated heterocycles. The molecular formula is C50H66N2O9. The molecule has 0 radical (unpaired) electrons. The summed E-state index contributed by atoms with van der Waals surface area (Å²) in [4.78, 5) is 22.3. The average molecular weight is 839 g/mol. The molecule has 2 saturated carbocycles. The summed E-state index contributed by atoms with van der Waals surface area (Å²) in [6.45, 7) is 5.04. The van der Waals surface area contributed by atoms with E-state index in [0.717, 1.165) is 78.3 Å². The minimum atomic E-state index is -1.35. The largest absolute Gasteiger partial charge is 0.459 e. The predicted octanol–water partition coefficient (Wildman–Crippen LogP) is 8.70. The van der Waals surface area contributed by atoms with Crippen LogP contribution in [0.1, 0.15) is 95.0 Å². The molecule has 6 atom stereocenters. The van der Waals surface area contributed by atoms with Crippen LogP contribution in [0.5, 0.6) is 17.2 Å². The highest BCUT2D eigenvalue weighted by Crippen LogP contribution is 2.62. The number of amides is 1. The second kappa shape index (κ2) is 21.7. The number of unbranched alkanes of at least 4 members (excludes halogenated alkanes) is 2. The van der Waals surface area contributed by atoms with Crippen molar-refractivity contribution in [1.29, 1.82) is 0 Å². The molecule has 0 unspecified atom stereocenters. The van der Waals surface area contributed by atoms with Gasteiger partial charge in [-0.1, -0.05) is 86.2 Å². The van der Waals surface area contributed by atoms with E-state index in [-0.39, 0.29) is 69.8 Å². The number of aliphatic hydroxyl groups excluding tert-OH is 3. The van der Waals surface area contributed by atoms with Crippen molar-refractivity contribution in [3.63, 3.8) is 0 Å². The Hall–Kier alpha value is -4.26. The lowest BCUT2D eigenvalue weighted by Gasteiger charge is -2.60. The third-order valence-corrected chi connectivity index (χ3v) is 13.5. The number of carbonyl (C=O) groups is 1. The van der Waals surface area contributed by atoms with Crippen molar-refractivity contribution in [1.82, 2.24) is 4.90 Å². The Morgan fingerprint density at radius 1 is 0.918 bits per heavy atom. The molecule has 0 bridgehead atoms. The monoisotopic (exact) mass is 838 g/mol. The molecule has 0 spiro atoms. The van der Waals surface area contributed by atoms with Gasteiger partial charge in [-0.15, -0.1) is 6.58 Å². The van der Waals surface area contributed by atoms with Gasteiger partial charge in [-0.2, -0.15) is 0 Å². The van der Waals surface area contributed by atoms with Crippen LogP contribution in [0.4, 0.5) is 0 Å². The number of fused-ring (bicyclic) bond motifs is 3. The van der Waals surface area contributed by atoms with E-state index < -0.39 is 17.7 Å². The van der Waals surface area contributed by atoms with Gasteiger partial charge in [-0.05, 0) is 96.5 Å². The normalized spacial score (nSPS) is 25.1. The molecule has 0 aromatic heterocycles. The zero-order valence-electron chi connectivity index (χ0n) is 35.9. The van der Waals surface area contributed by atoms with E-state index in [1.807, 2.05) is 35.2 Å². The van der Waals surface area contributed by atoms with Gasteiger partial charge >= 0.3 is 0 Å². The summed E-state index contributed by atoms with van der Waals surface area (Å²) in [6, 6.07) is 19.7. The Labute approximate surface area is 361 Å². The molecule has 1 aliphatic heterocycles. The van der Waals surface area contributed by atoms with Crippen molar-refractivity contribution in [2.75, 3.05) is 53.3 Å². The van der Waals surface area contributed by atoms with Gasteiger partial charge in [0, 0.05) is 44.1 Å². The second-order valence-corrected chi connectivity index (χ2v) is 17.2. The quantitative estimate of drug-likeness (QED) is 0.0486. The Morgan fingerprint density at radius 3 is 2.43 bits per heavy atom. The number of ether oxygens (including phenoxy) is 4. The smallest absolute Gasteiger partial charge is 0.239 e. The molecule has 3 aromatic rings. The van der Waals surface area contributed by atoms with Crippen molar-refractivity contribution in [2.24, 2.45) is 28.8 Å². The average Bonchev–Trinajstić information content (AvgIpc) is 3.81. The standard InChI is InChI=1S/C50H66N2O9/c1-3-28-59-50-46(52(24-29-58-30-27-55)47(56)23-18-35-12-4-5-13-35)34-44(51-57-2)42-32-38(16-8-10-25-53)41(17-9-11-26-54)48(49(42)50)43-33-40(21-22-45(43)61-50)60-39-20-19-36-14-6-7-15-37(36)31-39/h3,6-7,14-15,19-22,31-33,35,38,41,46,48-49,53-55H,1,4-5,8-13,16-18,23-30,34H2,2H3/t38-,41+,46-,48+,49+,50+/m0/s1. The first-order valence-corrected chi connectivity index (χ1v) is 22.7. The minimum absolute atomic E-state index is 0.0116. The molecule has 330 valence electrons. The molecule has 2 fully saturated rings. The van der Waals surface area contributed by atoms with E-state index in [9.17, 15) is 20.1 Å². The summed E-state index contributed by atoms with van der Waals surface area (Å²) in [5, 5.41) is 36.4. The van der Waals surface area contributed by atoms with Gasteiger partial charge in [0.05, 0.1) is 38.1 Å². The fourth-order valence-electron chi connectivity index (χ4n) is 10.7. The van der Waals surface area contributed by atoms with Crippen molar-refractivity contribution in [3.05, 3.63) is 90.5 Å². The van der Waals surface area contributed by atoms with Gasteiger partial charge in [0.15, 0.2) is 0 Å². The van der Waals surface area contributed by atoms with Crippen LogP contribution in [-0.2, 0) is 19.1 Å². The summed E-state index contributed by atoms with van der Waals surface area (Å²) in [6.07, 6.45) is 15.1. The van der Waals surface area contributed by atoms with Crippen LogP contribution in [0.3, 0.4) is 0 Å². The topological polar surface area (TPSA) is 140 Å². The molecule has 1 amide bonds. The molecule has 3 aliphatic carbocycles.